The molecule has 2 aromatic carbocycles. The lowest BCUT2D eigenvalue weighted by Crippen LogP contribution is -2.34. The second-order valence-electron chi connectivity index (χ2n) is 9.14. The van der Waals surface area contributed by atoms with Crippen molar-refractivity contribution in [2.24, 2.45) is 0 Å². The lowest BCUT2D eigenvalue weighted by molar-refractivity contribution is -0.122. The number of nitrogens with zero attached hydrogens (tertiary/aromatic N) is 4. The molecule has 0 bridgehead atoms. The molecule has 2 aromatic heterocycles. The molecule has 38 heavy (non-hydrogen) atoms. The Kier molecular flexibility index (Phi) is 6.47. The summed E-state index contributed by atoms with van der Waals surface area (Å²) in [5, 5.41) is 0. The molecule has 9 heteroatoms. The maximum Gasteiger partial charge on any atom is 0.267 e. The van der Waals surface area contributed by atoms with Crippen LogP contribution in [0.2, 0.25) is 0 Å². The van der Waals surface area contributed by atoms with Crippen LogP contribution >= 0.6 is 24.0 Å². The van der Waals surface area contributed by atoms with Crippen LogP contribution in [0, 0.1) is 0 Å². The van der Waals surface area contributed by atoms with Crippen molar-refractivity contribution < 1.29 is 9.53 Å². The highest BCUT2D eigenvalue weighted by molar-refractivity contribution is 8.26. The molecular weight excluding hydrogens is 516 g/mol. The number of pyridine rings is 1. The third-order valence-corrected chi connectivity index (χ3v) is 8.21. The quantitative estimate of drug-likeness (QED) is 0.269. The molecule has 1 fully saturated rings. The smallest absolute Gasteiger partial charge is 0.267 e. The number of fused-ring (bicyclic) bond motifs is 2. The molecule has 0 spiro atoms. The molecule has 2 aliphatic heterocycles. The van der Waals surface area contributed by atoms with Gasteiger partial charge in [-0.25, -0.2) is 4.98 Å². The first kappa shape index (κ1) is 24.4. The lowest BCUT2D eigenvalue weighted by Gasteiger charge is -2.30. The van der Waals surface area contributed by atoms with E-state index in [4.69, 9.17) is 21.9 Å². The molecule has 4 aromatic rings. The minimum atomic E-state index is -0.219. The number of benzene rings is 2. The number of rotatable bonds is 5. The Bertz CT molecular complexity index is 1660. The Balaban J connectivity index is 1.38. The molecule has 190 valence electrons. The van der Waals surface area contributed by atoms with E-state index in [9.17, 15) is 9.59 Å². The van der Waals surface area contributed by atoms with Crippen LogP contribution in [-0.4, -0.2) is 38.2 Å². The van der Waals surface area contributed by atoms with Gasteiger partial charge in [0.05, 0.1) is 24.1 Å². The van der Waals surface area contributed by atoms with Crippen molar-refractivity contribution >= 4 is 51.7 Å². The summed E-state index contributed by atoms with van der Waals surface area (Å²) >= 11 is 6.77. The molecule has 0 atom stereocenters. The largest absolute Gasteiger partial charge is 0.497 e. The number of hydrogen-bond donors (Lipinski definition) is 0. The predicted molar refractivity (Wildman–Crippen MR) is 154 cm³/mol. The van der Waals surface area contributed by atoms with Gasteiger partial charge in [-0.3, -0.25) is 18.9 Å². The minimum Gasteiger partial charge on any atom is -0.497 e. The van der Waals surface area contributed by atoms with E-state index < -0.39 is 0 Å². The molecule has 2 aliphatic rings. The molecule has 0 radical (unpaired) electrons. The van der Waals surface area contributed by atoms with Gasteiger partial charge in [0, 0.05) is 19.3 Å². The third-order valence-electron chi connectivity index (χ3n) is 6.83. The van der Waals surface area contributed by atoms with Gasteiger partial charge in [0.2, 0.25) is 0 Å². The Morgan fingerprint density at radius 3 is 2.58 bits per heavy atom. The average Bonchev–Trinajstić information content (AvgIpc) is 3.21. The number of ether oxygens (including phenoxy) is 1. The van der Waals surface area contributed by atoms with Crippen LogP contribution in [0.5, 0.6) is 5.75 Å². The van der Waals surface area contributed by atoms with Gasteiger partial charge in [-0.05, 0) is 53.5 Å². The van der Waals surface area contributed by atoms with Crippen LogP contribution in [0.3, 0.4) is 0 Å². The minimum absolute atomic E-state index is 0.218. The van der Waals surface area contributed by atoms with Crippen LogP contribution in [0.1, 0.15) is 22.3 Å². The highest BCUT2D eigenvalue weighted by Gasteiger charge is 2.33. The standard InChI is InChI=1S/C29H24N4O3S2/c1-36-22-11-9-19(10-12-22)17-33-28(35)24(38-29(33)37)16-23-26(30-25-8-4-5-14-32(25)27(23)34)31-15-13-20-6-2-3-7-21(20)18-31/h2-12,14,16H,13,15,17-18H2,1H3/b24-16-. The second kappa shape index (κ2) is 10.1. The molecule has 7 nitrogen and oxygen atoms in total. The van der Waals surface area contributed by atoms with Gasteiger partial charge in [0.25, 0.3) is 11.5 Å². The molecule has 0 N–H and O–H groups in total. The zero-order valence-corrected chi connectivity index (χ0v) is 22.3. The number of carbonyl (C=O) groups excluding carboxylic acids is 1. The van der Waals surface area contributed by atoms with Crippen LogP contribution in [0.15, 0.2) is 82.6 Å². The summed E-state index contributed by atoms with van der Waals surface area (Å²) in [7, 11) is 1.61. The van der Waals surface area contributed by atoms with Crippen molar-refractivity contribution in [3.63, 3.8) is 0 Å². The number of hydrogen-bond acceptors (Lipinski definition) is 7. The topological polar surface area (TPSA) is 67.2 Å². The zero-order valence-electron chi connectivity index (χ0n) is 20.7. The van der Waals surface area contributed by atoms with Crippen molar-refractivity contribution in [2.45, 2.75) is 19.5 Å². The second-order valence-corrected chi connectivity index (χ2v) is 10.8. The zero-order chi connectivity index (χ0) is 26.2. The summed E-state index contributed by atoms with van der Waals surface area (Å²) in [4.78, 5) is 36.2. The third kappa shape index (κ3) is 4.48. The Morgan fingerprint density at radius 2 is 1.79 bits per heavy atom. The van der Waals surface area contributed by atoms with Crippen molar-refractivity contribution in [3.8, 4) is 5.75 Å². The van der Waals surface area contributed by atoms with Crippen molar-refractivity contribution in [1.29, 1.82) is 0 Å². The molecule has 0 saturated carbocycles. The fourth-order valence-electron chi connectivity index (χ4n) is 4.82. The monoisotopic (exact) mass is 540 g/mol. The predicted octanol–water partition coefficient (Wildman–Crippen LogP) is 4.67. The number of aromatic nitrogens is 2. The molecule has 4 heterocycles. The van der Waals surface area contributed by atoms with E-state index in [2.05, 4.69) is 23.1 Å². The molecular formula is C29H24N4O3S2. The van der Waals surface area contributed by atoms with Crippen LogP contribution < -0.4 is 15.2 Å². The van der Waals surface area contributed by atoms with Gasteiger partial charge in [-0.1, -0.05) is 66.4 Å². The van der Waals surface area contributed by atoms with Gasteiger partial charge in [0.1, 0.15) is 21.5 Å². The van der Waals surface area contributed by atoms with E-state index in [1.54, 1.807) is 30.3 Å². The fourth-order valence-corrected chi connectivity index (χ4v) is 6.05. The van der Waals surface area contributed by atoms with E-state index in [0.717, 1.165) is 24.3 Å². The fraction of sp³-hybridized carbons (Fsp3) is 0.172. The first-order valence-corrected chi connectivity index (χ1v) is 13.5. The van der Waals surface area contributed by atoms with Crippen molar-refractivity contribution in [3.05, 3.63) is 110 Å². The first-order chi connectivity index (χ1) is 18.5. The Labute approximate surface area is 229 Å². The summed E-state index contributed by atoms with van der Waals surface area (Å²) in [6, 6.07) is 21.3. The van der Waals surface area contributed by atoms with Gasteiger partial charge < -0.3 is 9.64 Å². The average molecular weight is 541 g/mol. The SMILES string of the molecule is COc1ccc(CN2C(=O)/C(=C/c3c(N4CCc5ccccc5C4)nc4ccccn4c3=O)SC2=S)cc1. The Hall–Kier alpha value is -3.95. The van der Waals surface area contributed by atoms with E-state index in [1.165, 1.54) is 27.3 Å². The summed E-state index contributed by atoms with van der Waals surface area (Å²) < 4.78 is 7.20. The maximum atomic E-state index is 13.7. The number of amides is 1. The highest BCUT2D eigenvalue weighted by atomic mass is 32.2. The number of carbonyl (C=O) groups is 1. The number of thiocarbonyl (C=S) groups is 1. The summed E-state index contributed by atoms with van der Waals surface area (Å²) in [6.07, 6.45) is 4.22. The molecule has 0 unspecified atom stereocenters. The van der Waals surface area contributed by atoms with E-state index in [0.29, 0.717) is 39.3 Å². The summed E-state index contributed by atoms with van der Waals surface area (Å²) in [5.41, 5.74) is 4.19. The van der Waals surface area contributed by atoms with E-state index >= 15 is 0 Å². The maximum absolute atomic E-state index is 13.7. The van der Waals surface area contributed by atoms with Gasteiger partial charge in [-0.15, -0.1) is 0 Å². The molecule has 6 rings (SSSR count). The molecule has 1 amide bonds. The van der Waals surface area contributed by atoms with Crippen molar-refractivity contribution in [2.75, 3.05) is 18.6 Å². The van der Waals surface area contributed by atoms with Gasteiger partial charge >= 0.3 is 0 Å². The van der Waals surface area contributed by atoms with Crippen molar-refractivity contribution in [1.82, 2.24) is 14.3 Å². The van der Waals surface area contributed by atoms with E-state index in [1.807, 2.05) is 42.5 Å². The lowest BCUT2D eigenvalue weighted by atomic mass is 9.99. The van der Waals surface area contributed by atoms with E-state index in [-0.39, 0.29) is 11.5 Å². The van der Waals surface area contributed by atoms with Crippen LogP contribution in [0.4, 0.5) is 5.82 Å². The Morgan fingerprint density at radius 1 is 1.03 bits per heavy atom. The first-order valence-electron chi connectivity index (χ1n) is 12.2. The van der Waals surface area contributed by atoms with Crippen LogP contribution in [-0.2, 0) is 24.3 Å². The van der Waals surface area contributed by atoms with Gasteiger partial charge in [-0.2, -0.15) is 0 Å². The van der Waals surface area contributed by atoms with Gasteiger partial charge in [0.15, 0.2) is 0 Å². The summed E-state index contributed by atoms with van der Waals surface area (Å²) in [6.45, 7) is 1.72. The normalized spacial score (nSPS) is 16.4. The summed E-state index contributed by atoms with van der Waals surface area (Å²) in [5.74, 6) is 1.11. The van der Waals surface area contributed by atoms with Crippen LogP contribution in [0.25, 0.3) is 11.7 Å². The highest BCUT2D eigenvalue weighted by Crippen LogP contribution is 2.35. The number of anilines is 1. The number of thioether (sulfide) groups is 1. The molecule has 0 aliphatic carbocycles. The number of methoxy groups -OCH3 is 1. The molecule has 1 saturated heterocycles.